The van der Waals surface area contributed by atoms with Gasteiger partial charge in [-0.25, -0.2) is 9.79 Å². The van der Waals surface area contributed by atoms with Gasteiger partial charge in [0.25, 0.3) is 0 Å². The highest BCUT2D eigenvalue weighted by molar-refractivity contribution is 6.11. The Morgan fingerprint density at radius 1 is 1.85 bits per heavy atom. The van der Waals surface area contributed by atoms with Crippen molar-refractivity contribution in [1.82, 2.24) is 5.32 Å². The van der Waals surface area contributed by atoms with E-state index < -0.39 is 5.97 Å². The first-order valence-electron chi connectivity index (χ1n) is 3.72. The Morgan fingerprint density at radius 3 is 3.08 bits per heavy atom. The second-order valence-electron chi connectivity index (χ2n) is 2.50. The largest absolute Gasteiger partial charge is 0.464 e. The van der Waals surface area contributed by atoms with Crippen LogP contribution < -0.4 is 5.32 Å². The number of aliphatic imine (C=N–C) groups is 1. The normalized spacial score (nSPS) is 20.5. The highest BCUT2D eigenvalue weighted by Gasteiger charge is 2.17. The Kier molecular flexibility index (Phi) is 2.65. The molecule has 13 heavy (non-hydrogen) atoms. The van der Waals surface area contributed by atoms with E-state index in [9.17, 15) is 4.79 Å². The van der Waals surface area contributed by atoms with Crippen molar-refractivity contribution in [1.29, 1.82) is 5.26 Å². The van der Waals surface area contributed by atoms with Gasteiger partial charge in [-0.2, -0.15) is 5.26 Å². The Bertz CT molecular complexity index is 325. The summed E-state index contributed by atoms with van der Waals surface area (Å²) in [5.74, 6) is -0.491. The van der Waals surface area contributed by atoms with Crippen LogP contribution in [0.1, 0.15) is 6.92 Å². The molecule has 1 aliphatic rings. The SMILES string of the molecule is COC(=O)C1=CC(C#N)=NC(C)N1. The lowest BCUT2D eigenvalue weighted by molar-refractivity contribution is -0.136. The maximum absolute atomic E-state index is 11.1. The third kappa shape index (κ3) is 2.06. The molecule has 1 rings (SSSR count). The molecule has 1 heterocycles. The molecular weight excluding hydrogens is 170 g/mol. The minimum atomic E-state index is -0.491. The van der Waals surface area contributed by atoms with Crippen molar-refractivity contribution in [2.24, 2.45) is 4.99 Å². The predicted molar refractivity (Wildman–Crippen MR) is 45.7 cm³/mol. The van der Waals surface area contributed by atoms with E-state index in [1.165, 1.54) is 13.2 Å². The van der Waals surface area contributed by atoms with Gasteiger partial charge in [0.15, 0.2) is 0 Å². The number of nitrogens with zero attached hydrogens (tertiary/aromatic N) is 2. The summed E-state index contributed by atoms with van der Waals surface area (Å²) in [6, 6.07) is 1.87. The number of hydrogen-bond donors (Lipinski definition) is 1. The Morgan fingerprint density at radius 2 is 2.54 bits per heavy atom. The zero-order valence-corrected chi connectivity index (χ0v) is 7.37. The van der Waals surface area contributed by atoms with E-state index in [0.717, 1.165) is 0 Å². The van der Waals surface area contributed by atoms with E-state index in [2.05, 4.69) is 15.0 Å². The van der Waals surface area contributed by atoms with Crippen LogP contribution in [-0.4, -0.2) is 25.0 Å². The lowest BCUT2D eigenvalue weighted by atomic mass is 10.2. The van der Waals surface area contributed by atoms with Crippen LogP contribution in [0.3, 0.4) is 0 Å². The molecule has 5 nitrogen and oxygen atoms in total. The van der Waals surface area contributed by atoms with Crippen LogP contribution in [-0.2, 0) is 9.53 Å². The van der Waals surface area contributed by atoms with E-state index in [-0.39, 0.29) is 17.6 Å². The molecule has 0 saturated heterocycles. The number of nitriles is 1. The molecule has 5 heteroatoms. The van der Waals surface area contributed by atoms with Gasteiger partial charge in [0.05, 0.1) is 7.11 Å². The van der Waals surface area contributed by atoms with Gasteiger partial charge in [0, 0.05) is 6.08 Å². The number of carbonyl (C=O) groups excluding carboxylic acids is 1. The monoisotopic (exact) mass is 179 g/mol. The fraction of sp³-hybridized carbons (Fsp3) is 0.375. The molecule has 0 fully saturated rings. The van der Waals surface area contributed by atoms with E-state index in [4.69, 9.17) is 5.26 Å². The Hall–Kier alpha value is -1.83. The van der Waals surface area contributed by atoms with Crippen LogP contribution >= 0.6 is 0 Å². The van der Waals surface area contributed by atoms with Crippen LogP contribution in [0.25, 0.3) is 0 Å². The number of allylic oxidation sites excluding steroid dienone is 1. The van der Waals surface area contributed by atoms with Gasteiger partial charge in [-0.05, 0) is 6.92 Å². The summed E-state index contributed by atoms with van der Waals surface area (Å²) in [7, 11) is 1.29. The highest BCUT2D eigenvalue weighted by atomic mass is 16.5. The molecule has 1 unspecified atom stereocenters. The number of rotatable bonds is 1. The van der Waals surface area contributed by atoms with Crippen molar-refractivity contribution < 1.29 is 9.53 Å². The third-order valence-electron chi connectivity index (χ3n) is 1.50. The van der Waals surface area contributed by atoms with Crippen LogP contribution in [0.2, 0.25) is 0 Å². The van der Waals surface area contributed by atoms with Crippen LogP contribution in [0, 0.1) is 11.3 Å². The number of methoxy groups -OCH3 is 1. The zero-order valence-electron chi connectivity index (χ0n) is 7.37. The van der Waals surface area contributed by atoms with Gasteiger partial charge >= 0.3 is 5.97 Å². The summed E-state index contributed by atoms with van der Waals surface area (Å²) >= 11 is 0. The fourth-order valence-electron chi connectivity index (χ4n) is 0.971. The van der Waals surface area contributed by atoms with Crippen LogP contribution in [0.15, 0.2) is 16.8 Å². The summed E-state index contributed by atoms with van der Waals surface area (Å²) < 4.78 is 4.50. The molecule has 0 aromatic carbocycles. The van der Waals surface area contributed by atoms with Crippen molar-refractivity contribution in [3.05, 3.63) is 11.8 Å². The molecule has 68 valence electrons. The lowest BCUT2D eigenvalue weighted by Gasteiger charge is -2.16. The van der Waals surface area contributed by atoms with Crippen LogP contribution in [0.4, 0.5) is 0 Å². The average molecular weight is 179 g/mol. The first kappa shape index (κ1) is 9.26. The molecule has 1 atom stereocenters. The second kappa shape index (κ2) is 3.72. The lowest BCUT2D eigenvalue weighted by Crippen LogP contribution is -2.33. The van der Waals surface area contributed by atoms with E-state index in [1.807, 2.05) is 6.07 Å². The van der Waals surface area contributed by atoms with Crippen molar-refractivity contribution in [2.45, 2.75) is 13.1 Å². The summed E-state index contributed by atoms with van der Waals surface area (Å²) in [5.41, 5.74) is 0.494. The molecule has 1 N–H and O–H groups in total. The van der Waals surface area contributed by atoms with E-state index in [1.54, 1.807) is 6.92 Å². The number of ether oxygens (including phenoxy) is 1. The van der Waals surface area contributed by atoms with Gasteiger partial charge in [0.2, 0.25) is 0 Å². The quantitative estimate of drug-likeness (QED) is 0.573. The van der Waals surface area contributed by atoms with Gasteiger partial charge < -0.3 is 10.1 Å². The molecule has 0 aromatic rings. The third-order valence-corrected chi connectivity index (χ3v) is 1.50. The molecule has 0 saturated carbocycles. The summed E-state index contributed by atoms with van der Waals surface area (Å²) in [4.78, 5) is 15.0. The maximum atomic E-state index is 11.1. The van der Waals surface area contributed by atoms with Crippen molar-refractivity contribution in [2.75, 3.05) is 7.11 Å². The molecule has 0 spiro atoms. The van der Waals surface area contributed by atoms with Gasteiger partial charge in [-0.1, -0.05) is 0 Å². The standard InChI is InChI=1S/C8H9N3O2/c1-5-10-6(4-9)3-7(11-5)8(12)13-2/h3,5,11H,1-2H3. The van der Waals surface area contributed by atoms with Crippen LogP contribution in [0.5, 0.6) is 0 Å². The van der Waals surface area contributed by atoms with Gasteiger partial charge in [0.1, 0.15) is 23.6 Å². The Balaban J connectivity index is 2.90. The molecule has 0 aliphatic carbocycles. The number of nitrogens with one attached hydrogen (secondary N) is 1. The summed E-state index contributed by atoms with van der Waals surface area (Å²) in [6.45, 7) is 1.74. The van der Waals surface area contributed by atoms with Crippen molar-refractivity contribution >= 4 is 11.7 Å². The van der Waals surface area contributed by atoms with Gasteiger partial charge in [-0.15, -0.1) is 0 Å². The van der Waals surface area contributed by atoms with E-state index in [0.29, 0.717) is 0 Å². The number of carbonyl (C=O) groups is 1. The van der Waals surface area contributed by atoms with Crippen molar-refractivity contribution in [3.8, 4) is 6.07 Å². The molecule has 0 aromatic heterocycles. The summed E-state index contributed by atoms with van der Waals surface area (Å²) in [6.07, 6.45) is 1.10. The Labute approximate surface area is 75.7 Å². The fourth-order valence-corrected chi connectivity index (χ4v) is 0.971. The second-order valence-corrected chi connectivity index (χ2v) is 2.50. The average Bonchev–Trinajstić information content (AvgIpc) is 2.15. The molecular formula is C8H9N3O2. The topological polar surface area (TPSA) is 74.5 Å². The van der Waals surface area contributed by atoms with Crippen molar-refractivity contribution in [3.63, 3.8) is 0 Å². The highest BCUT2D eigenvalue weighted by Crippen LogP contribution is 2.04. The minimum Gasteiger partial charge on any atom is -0.464 e. The maximum Gasteiger partial charge on any atom is 0.354 e. The molecule has 1 aliphatic heterocycles. The minimum absolute atomic E-state index is 0.228. The van der Waals surface area contributed by atoms with E-state index >= 15 is 0 Å². The number of hydrogen-bond acceptors (Lipinski definition) is 5. The van der Waals surface area contributed by atoms with Gasteiger partial charge in [-0.3, -0.25) is 0 Å². The first-order valence-corrected chi connectivity index (χ1v) is 3.72. The molecule has 0 amide bonds. The smallest absolute Gasteiger partial charge is 0.354 e. The zero-order chi connectivity index (χ0) is 9.84. The molecule has 0 radical (unpaired) electrons. The number of esters is 1. The summed E-state index contributed by atoms with van der Waals surface area (Å²) in [5, 5.41) is 11.4. The first-order chi connectivity index (χ1) is 6.17. The predicted octanol–water partition coefficient (Wildman–Crippen LogP) is -0.0429. The molecule has 0 bridgehead atoms.